The molecule has 5 rings (SSSR count). The van der Waals surface area contributed by atoms with E-state index >= 15 is 0 Å². The molecule has 0 spiro atoms. The number of hydrogen-bond acceptors (Lipinski definition) is 6. The molecule has 40 heavy (non-hydrogen) atoms. The molecule has 204 valence electrons. The molecule has 0 aliphatic rings. The summed E-state index contributed by atoms with van der Waals surface area (Å²) in [5.74, 6) is -0.269. The fourth-order valence-corrected chi connectivity index (χ4v) is 7.13. The topological polar surface area (TPSA) is 83.5 Å². The van der Waals surface area contributed by atoms with Crippen molar-refractivity contribution < 1.29 is 13.2 Å². The highest BCUT2D eigenvalue weighted by Crippen LogP contribution is 2.32. The van der Waals surface area contributed by atoms with Crippen LogP contribution in [-0.4, -0.2) is 34.6 Å². The maximum Gasteiger partial charge on any atom is 0.260 e. The van der Waals surface area contributed by atoms with Crippen molar-refractivity contribution in [2.24, 2.45) is 0 Å². The molecule has 0 fully saturated rings. The minimum Gasteiger partial charge on any atom is -0.279 e. The van der Waals surface area contributed by atoms with Gasteiger partial charge in [-0.05, 0) is 73.9 Å². The summed E-state index contributed by atoms with van der Waals surface area (Å²) < 4.78 is 29.7. The number of sulfonamides is 1. The molecular weight excluding hydrogens is 541 g/mol. The van der Waals surface area contributed by atoms with E-state index in [0.29, 0.717) is 10.7 Å². The number of hydrogen-bond donors (Lipinski definition) is 0. The summed E-state index contributed by atoms with van der Waals surface area (Å²) in [7, 11) is -3.79. The Balaban J connectivity index is 1.46. The first-order chi connectivity index (χ1) is 19.2. The van der Waals surface area contributed by atoms with E-state index < -0.39 is 10.0 Å². The van der Waals surface area contributed by atoms with Crippen LogP contribution in [-0.2, 0) is 23.1 Å². The zero-order chi connectivity index (χ0) is 28.3. The summed E-state index contributed by atoms with van der Waals surface area (Å²) in [4.78, 5) is 24.6. The van der Waals surface area contributed by atoms with Gasteiger partial charge in [-0.1, -0.05) is 59.9 Å². The van der Waals surface area contributed by atoms with Crippen molar-refractivity contribution in [1.29, 1.82) is 0 Å². The summed E-state index contributed by atoms with van der Waals surface area (Å²) in [5.41, 5.74) is 4.04. The third-order valence-electron chi connectivity index (χ3n) is 6.61. The number of benzene rings is 3. The molecule has 0 radical (unpaired) electrons. The highest BCUT2D eigenvalue weighted by Gasteiger charge is 2.28. The number of para-hydroxylation sites is 1. The van der Waals surface area contributed by atoms with Gasteiger partial charge in [0, 0.05) is 30.5 Å². The van der Waals surface area contributed by atoms with Gasteiger partial charge in [-0.15, -0.1) is 0 Å². The summed E-state index contributed by atoms with van der Waals surface area (Å²) >= 11 is 1.45. The van der Waals surface area contributed by atoms with E-state index in [-0.39, 0.29) is 29.9 Å². The Hall–Kier alpha value is -3.92. The molecule has 0 aliphatic carbocycles. The zero-order valence-electron chi connectivity index (χ0n) is 22.6. The van der Waals surface area contributed by atoms with Gasteiger partial charge in [-0.25, -0.2) is 13.4 Å². The normalized spacial score (nSPS) is 11.8. The van der Waals surface area contributed by atoms with Crippen LogP contribution in [0.15, 0.2) is 102 Å². The van der Waals surface area contributed by atoms with Gasteiger partial charge < -0.3 is 0 Å². The Labute approximate surface area is 238 Å². The van der Waals surface area contributed by atoms with Crippen LogP contribution in [0.5, 0.6) is 0 Å². The number of aromatic nitrogens is 2. The molecule has 0 atom stereocenters. The van der Waals surface area contributed by atoms with Crippen molar-refractivity contribution in [3.63, 3.8) is 0 Å². The lowest BCUT2D eigenvalue weighted by molar-refractivity contribution is 0.0985. The molecule has 5 aromatic rings. The van der Waals surface area contributed by atoms with Crippen LogP contribution in [0.1, 0.15) is 40.9 Å². The van der Waals surface area contributed by atoms with Gasteiger partial charge in [0.1, 0.15) is 0 Å². The van der Waals surface area contributed by atoms with Crippen molar-refractivity contribution in [2.75, 3.05) is 4.90 Å². The number of nitrogens with zero attached hydrogens (tertiary/aromatic N) is 4. The van der Waals surface area contributed by atoms with E-state index in [1.54, 1.807) is 29.4 Å². The van der Waals surface area contributed by atoms with E-state index in [9.17, 15) is 13.2 Å². The Morgan fingerprint density at radius 2 is 1.60 bits per heavy atom. The minimum atomic E-state index is -3.79. The van der Waals surface area contributed by atoms with Crippen molar-refractivity contribution in [2.45, 2.75) is 44.8 Å². The summed E-state index contributed by atoms with van der Waals surface area (Å²) in [6.07, 6.45) is 3.41. The molecule has 2 aromatic heterocycles. The highest BCUT2D eigenvalue weighted by atomic mass is 32.2. The lowest BCUT2D eigenvalue weighted by atomic mass is 10.2. The van der Waals surface area contributed by atoms with Crippen molar-refractivity contribution in [3.8, 4) is 0 Å². The predicted molar refractivity (Wildman–Crippen MR) is 160 cm³/mol. The number of thiazole rings is 1. The number of amides is 1. The number of anilines is 1. The molecule has 7 nitrogen and oxygen atoms in total. The first-order valence-electron chi connectivity index (χ1n) is 13.0. The van der Waals surface area contributed by atoms with Gasteiger partial charge in [0.15, 0.2) is 5.13 Å². The number of aryl methyl sites for hydroxylation is 1. The highest BCUT2D eigenvalue weighted by molar-refractivity contribution is 7.89. The van der Waals surface area contributed by atoms with Gasteiger partial charge in [0.05, 0.1) is 21.7 Å². The first kappa shape index (κ1) is 27.6. The average Bonchev–Trinajstić information content (AvgIpc) is 3.41. The largest absolute Gasteiger partial charge is 0.279 e. The second-order valence-corrected chi connectivity index (χ2v) is 12.7. The van der Waals surface area contributed by atoms with E-state index in [2.05, 4.69) is 4.98 Å². The molecule has 0 saturated carbocycles. The lowest BCUT2D eigenvalue weighted by Gasteiger charge is -2.26. The average molecular weight is 571 g/mol. The van der Waals surface area contributed by atoms with Gasteiger partial charge in [-0.2, -0.15) is 4.31 Å². The maximum absolute atomic E-state index is 13.9. The Morgan fingerprint density at radius 3 is 2.25 bits per heavy atom. The third-order valence-corrected chi connectivity index (χ3v) is 9.69. The van der Waals surface area contributed by atoms with Crippen LogP contribution < -0.4 is 4.90 Å². The van der Waals surface area contributed by atoms with Crippen molar-refractivity contribution in [1.82, 2.24) is 14.3 Å². The van der Waals surface area contributed by atoms with Crippen LogP contribution in [0.25, 0.3) is 10.2 Å². The van der Waals surface area contributed by atoms with Gasteiger partial charge >= 0.3 is 0 Å². The Morgan fingerprint density at radius 1 is 0.875 bits per heavy atom. The molecule has 0 saturated heterocycles. The summed E-state index contributed by atoms with van der Waals surface area (Å²) in [5, 5.41) is 0.573. The van der Waals surface area contributed by atoms with Crippen LogP contribution in [0.4, 0.5) is 5.13 Å². The number of fused-ring (bicyclic) bond motifs is 1. The number of carbonyl (C=O) groups excluding carboxylic acids is 1. The number of rotatable bonds is 9. The van der Waals surface area contributed by atoms with Crippen molar-refractivity contribution >= 4 is 42.6 Å². The Bertz CT molecular complexity index is 1720. The number of pyridine rings is 1. The molecule has 0 bridgehead atoms. The van der Waals surface area contributed by atoms with Crippen LogP contribution in [0.3, 0.4) is 0 Å². The second-order valence-electron chi connectivity index (χ2n) is 9.82. The minimum absolute atomic E-state index is 0.142. The van der Waals surface area contributed by atoms with E-state index in [1.807, 2.05) is 81.4 Å². The molecule has 0 unspecified atom stereocenters. The predicted octanol–water partition coefficient (Wildman–Crippen LogP) is 6.45. The van der Waals surface area contributed by atoms with Gasteiger partial charge in [0.2, 0.25) is 10.0 Å². The van der Waals surface area contributed by atoms with Gasteiger partial charge in [-0.3, -0.25) is 14.7 Å². The maximum atomic E-state index is 13.9. The molecule has 1 amide bonds. The van der Waals surface area contributed by atoms with Crippen LogP contribution in [0.2, 0.25) is 0 Å². The standard InChI is InChI=1S/C31H30N4O3S2/c1-22(2)35(21-24-10-5-4-6-11-24)40(37,38)27-16-14-26(15-17-27)30(36)34(20-25-12-8-18-32-19-25)31-33-29-23(3)9-7-13-28(29)39-31/h4-19,22H,20-21H2,1-3H3. The summed E-state index contributed by atoms with van der Waals surface area (Å²) in [6, 6.07) is 25.1. The fourth-order valence-electron chi connectivity index (χ4n) is 4.46. The lowest BCUT2D eigenvalue weighted by Crippen LogP contribution is -2.36. The monoisotopic (exact) mass is 570 g/mol. The fraction of sp³-hybridized carbons (Fsp3) is 0.194. The molecule has 0 N–H and O–H groups in total. The van der Waals surface area contributed by atoms with Crippen LogP contribution in [0, 0.1) is 6.92 Å². The second kappa shape index (κ2) is 11.7. The van der Waals surface area contributed by atoms with E-state index in [0.717, 1.165) is 26.9 Å². The first-order valence-corrected chi connectivity index (χ1v) is 15.2. The molecule has 0 aliphatic heterocycles. The Kier molecular flexibility index (Phi) is 8.07. The third kappa shape index (κ3) is 5.82. The number of carbonyl (C=O) groups is 1. The zero-order valence-corrected chi connectivity index (χ0v) is 24.2. The smallest absolute Gasteiger partial charge is 0.260 e. The van der Waals surface area contributed by atoms with E-state index in [4.69, 9.17) is 4.98 Å². The molecule has 9 heteroatoms. The molecule has 3 aromatic carbocycles. The SMILES string of the molecule is Cc1cccc2sc(N(Cc3cccnc3)C(=O)c3ccc(S(=O)(=O)N(Cc4ccccc4)C(C)C)cc3)nc12. The summed E-state index contributed by atoms with van der Waals surface area (Å²) in [6.45, 7) is 6.25. The van der Waals surface area contributed by atoms with Crippen LogP contribution >= 0.6 is 11.3 Å². The van der Waals surface area contributed by atoms with Crippen molar-refractivity contribution in [3.05, 3.63) is 120 Å². The molecule has 2 heterocycles. The molecular formula is C31H30N4O3S2. The van der Waals surface area contributed by atoms with E-state index in [1.165, 1.54) is 27.8 Å². The van der Waals surface area contributed by atoms with Gasteiger partial charge in [0.25, 0.3) is 5.91 Å². The quantitative estimate of drug-likeness (QED) is 0.204.